The molecule has 1 saturated heterocycles. The summed E-state index contributed by atoms with van der Waals surface area (Å²) >= 11 is 0. The third kappa shape index (κ3) is 4.36. The number of pyridine rings is 1. The Morgan fingerprint density at radius 2 is 2.03 bits per heavy atom. The second-order valence-corrected chi connectivity index (χ2v) is 8.36. The molecule has 0 unspecified atom stereocenters. The molecular formula is C23H25F2N5O4. The Labute approximate surface area is 193 Å². The largest absolute Gasteiger partial charge is 0.389 e. The van der Waals surface area contributed by atoms with E-state index in [0.29, 0.717) is 13.0 Å². The van der Waals surface area contributed by atoms with Gasteiger partial charge < -0.3 is 25.0 Å². The molecule has 1 aliphatic rings. The van der Waals surface area contributed by atoms with Crippen molar-refractivity contribution in [1.82, 2.24) is 19.9 Å². The SMILES string of the molecule is CNC(=O)c1cc(=O)c2c(F)cc(-c3nc(N[C@@H]4CCOC[C@H]4O)ncc3F)cc2n1C(C)C. The summed E-state index contributed by atoms with van der Waals surface area (Å²) in [5.41, 5.74) is -0.570. The highest BCUT2D eigenvalue weighted by Gasteiger charge is 2.25. The molecule has 1 aliphatic heterocycles. The Balaban J connectivity index is 1.87. The maximum absolute atomic E-state index is 15.2. The topological polar surface area (TPSA) is 118 Å². The number of carbonyl (C=O) groups excluding carboxylic acids is 1. The molecule has 2 aromatic heterocycles. The van der Waals surface area contributed by atoms with Crippen LogP contribution in [0.3, 0.4) is 0 Å². The first-order chi connectivity index (χ1) is 16.2. The van der Waals surface area contributed by atoms with E-state index in [0.717, 1.165) is 18.3 Å². The van der Waals surface area contributed by atoms with E-state index < -0.39 is 29.1 Å². The number of benzene rings is 1. The van der Waals surface area contributed by atoms with Gasteiger partial charge in [-0.1, -0.05) is 0 Å². The molecule has 0 bridgehead atoms. The van der Waals surface area contributed by atoms with Crippen molar-refractivity contribution >= 4 is 22.8 Å². The molecule has 180 valence electrons. The molecule has 2 atom stereocenters. The summed E-state index contributed by atoms with van der Waals surface area (Å²) < 4.78 is 36.7. The van der Waals surface area contributed by atoms with E-state index in [2.05, 4.69) is 20.6 Å². The quantitative estimate of drug-likeness (QED) is 0.520. The van der Waals surface area contributed by atoms with Crippen molar-refractivity contribution in [3.63, 3.8) is 0 Å². The van der Waals surface area contributed by atoms with Crippen LogP contribution in [-0.4, -0.2) is 58.0 Å². The van der Waals surface area contributed by atoms with Gasteiger partial charge in [0.25, 0.3) is 5.91 Å². The fourth-order valence-corrected chi connectivity index (χ4v) is 4.11. The number of aliphatic hydroxyl groups is 1. The number of carbonyl (C=O) groups is 1. The molecule has 0 saturated carbocycles. The summed E-state index contributed by atoms with van der Waals surface area (Å²) in [6.45, 7) is 4.17. The van der Waals surface area contributed by atoms with Gasteiger partial charge in [-0.25, -0.2) is 18.7 Å². The van der Waals surface area contributed by atoms with Crippen molar-refractivity contribution in [1.29, 1.82) is 0 Å². The highest BCUT2D eigenvalue weighted by Crippen LogP contribution is 2.29. The highest BCUT2D eigenvalue weighted by atomic mass is 19.1. The lowest BCUT2D eigenvalue weighted by Gasteiger charge is -2.28. The molecule has 3 heterocycles. The summed E-state index contributed by atoms with van der Waals surface area (Å²) in [4.78, 5) is 33.2. The van der Waals surface area contributed by atoms with Gasteiger partial charge in [-0.3, -0.25) is 9.59 Å². The van der Waals surface area contributed by atoms with Crippen LogP contribution in [0.5, 0.6) is 0 Å². The van der Waals surface area contributed by atoms with Gasteiger partial charge >= 0.3 is 0 Å². The number of hydrogen-bond acceptors (Lipinski definition) is 7. The lowest BCUT2D eigenvalue weighted by atomic mass is 10.0. The van der Waals surface area contributed by atoms with Crippen LogP contribution >= 0.6 is 0 Å². The van der Waals surface area contributed by atoms with Crippen LogP contribution in [0.15, 0.2) is 29.2 Å². The van der Waals surface area contributed by atoms with Gasteiger partial charge in [0.2, 0.25) is 5.95 Å². The zero-order chi connectivity index (χ0) is 24.6. The molecule has 4 rings (SSSR count). The van der Waals surface area contributed by atoms with Crippen LogP contribution in [0.25, 0.3) is 22.2 Å². The minimum atomic E-state index is -0.859. The number of hydrogen-bond donors (Lipinski definition) is 3. The van der Waals surface area contributed by atoms with E-state index in [4.69, 9.17) is 4.74 Å². The number of aliphatic hydroxyl groups excluding tert-OH is 1. The first kappa shape index (κ1) is 23.7. The average Bonchev–Trinajstić information content (AvgIpc) is 2.80. The molecule has 1 fully saturated rings. The van der Waals surface area contributed by atoms with E-state index in [9.17, 15) is 19.1 Å². The third-order valence-electron chi connectivity index (χ3n) is 5.74. The number of halogens is 2. The molecule has 0 radical (unpaired) electrons. The van der Waals surface area contributed by atoms with Crippen molar-refractivity contribution in [3.05, 3.63) is 51.9 Å². The van der Waals surface area contributed by atoms with Gasteiger partial charge in [-0.05, 0) is 32.4 Å². The van der Waals surface area contributed by atoms with E-state index >= 15 is 4.39 Å². The molecule has 11 heteroatoms. The molecule has 34 heavy (non-hydrogen) atoms. The normalized spacial score (nSPS) is 18.3. The highest BCUT2D eigenvalue weighted by molar-refractivity contribution is 5.96. The molecule has 1 aromatic carbocycles. The van der Waals surface area contributed by atoms with E-state index in [1.807, 2.05) is 0 Å². The van der Waals surface area contributed by atoms with Crippen molar-refractivity contribution in [2.24, 2.45) is 0 Å². The number of nitrogens with one attached hydrogen (secondary N) is 2. The molecule has 9 nitrogen and oxygen atoms in total. The van der Waals surface area contributed by atoms with Crippen molar-refractivity contribution in [2.45, 2.75) is 38.5 Å². The van der Waals surface area contributed by atoms with Crippen LogP contribution in [0.2, 0.25) is 0 Å². The summed E-state index contributed by atoms with van der Waals surface area (Å²) in [7, 11) is 1.43. The fraction of sp³-hybridized carbons (Fsp3) is 0.391. The van der Waals surface area contributed by atoms with Gasteiger partial charge in [-0.2, -0.15) is 0 Å². The lowest BCUT2D eigenvalue weighted by Crippen LogP contribution is -2.42. The second-order valence-electron chi connectivity index (χ2n) is 8.36. The average molecular weight is 473 g/mol. The van der Waals surface area contributed by atoms with Crippen LogP contribution in [0.1, 0.15) is 36.8 Å². The van der Waals surface area contributed by atoms with Crippen LogP contribution in [0, 0.1) is 11.6 Å². The summed E-state index contributed by atoms with van der Waals surface area (Å²) in [5, 5.41) is 15.3. The van der Waals surface area contributed by atoms with E-state index in [1.54, 1.807) is 13.8 Å². The summed E-state index contributed by atoms with van der Waals surface area (Å²) in [6.07, 6.45) is 0.673. The Hall–Kier alpha value is -3.44. The predicted molar refractivity (Wildman–Crippen MR) is 122 cm³/mol. The zero-order valence-electron chi connectivity index (χ0n) is 18.9. The number of rotatable bonds is 5. The zero-order valence-corrected chi connectivity index (χ0v) is 18.9. The number of amides is 1. The number of anilines is 1. The maximum Gasteiger partial charge on any atom is 0.267 e. The van der Waals surface area contributed by atoms with Gasteiger partial charge in [0, 0.05) is 31.3 Å². The predicted octanol–water partition coefficient (Wildman–Crippen LogP) is 2.24. The molecule has 0 spiro atoms. The first-order valence-corrected chi connectivity index (χ1v) is 10.9. The lowest BCUT2D eigenvalue weighted by molar-refractivity contribution is -0.0136. The van der Waals surface area contributed by atoms with Crippen molar-refractivity contribution in [2.75, 3.05) is 25.6 Å². The van der Waals surface area contributed by atoms with E-state index in [-0.39, 0.29) is 52.5 Å². The van der Waals surface area contributed by atoms with Crippen LogP contribution < -0.4 is 16.1 Å². The molecule has 3 N–H and O–H groups in total. The number of fused-ring (bicyclic) bond motifs is 1. The third-order valence-corrected chi connectivity index (χ3v) is 5.74. The van der Waals surface area contributed by atoms with Crippen molar-refractivity contribution < 1.29 is 23.4 Å². The molecule has 1 amide bonds. The number of aromatic nitrogens is 3. The maximum atomic E-state index is 15.2. The monoisotopic (exact) mass is 473 g/mol. The van der Waals surface area contributed by atoms with Crippen LogP contribution in [0.4, 0.5) is 14.7 Å². The smallest absolute Gasteiger partial charge is 0.267 e. The summed E-state index contributed by atoms with van der Waals surface area (Å²) in [5.74, 6) is -2.10. The minimum absolute atomic E-state index is 0.0585. The molecule has 0 aliphatic carbocycles. The molecule has 3 aromatic rings. The Kier molecular flexibility index (Phi) is 6.58. The van der Waals surface area contributed by atoms with Crippen LogP contribution in [-0.2, 0) is 4.74 Å². The van der Waals surface area contributed by atoms with Gasteiger partial charge in [0.15, 0.2) is 11.2 Å². The Morgan fingerprint density at radius 1 is 1.26 bits per heavy atom. The van der Waals surface area contributed by atoms with Gasteiger partial charge in [-0.15, -0.1) is 0 Å². The van der Waals surface area contributed by atoms with E-state index in [1.165, 1.54) is 17.7 Å². The standard InChI is InChI=1S/C23H25F2N5O4/c1-11(2)30-16-7-12(6-13(24)20(16)18(31)8-17(30)22(33)26-3)21-14(25)9-27-23(29-21)28-15-4-5-34-10-19(15)32/h6-9,11,15,19,32H,4-5,10H2,1-3H3,(H,26,33)(H,27,28,29)/t15-,19-/m1/s1. The fourth-order valence-electron chi connectivity index (χ4n) is 4.11. The number of nitrogens with zero attached hydrogens (tertiary/aromatic N) is 3. The van der Waals surface area contributed by atoms with Gasteiger partial charge in [0.05, 0.1) is 35.9 Å². The summed E-state index contributed by atoms with van der Waals surface area (Å²) in [6, 6.07) is 2.86. The Morgan fingerprint density at radius 3 is 2.71 bits per heavy atom. The first-order valence-electron chi connectivity index (χ1n) is 10.9. The molecular weight excluding hydrogens is 448 g/mol. The minimum Gasteiger partial charge on any atom is -0.389 e. The number of ether oxygens (including phenoxy) is 1. The van der Waals surface area contributed by atoms with Gasteiger partial charge in [0.1, 0.15) is 17.2 Å². The van der Waals surface area contributed by atoms with Crippen molar-refractivity contribution in [3.8, 4) is 11.3 Å². The second kappa shape index (κ2) is 9.43. The Bertz CT molecular complexity index is 1310.